The number of hydrogen-bond acceptors (Lipinski definition) is 5. The second-order valence-corrected chi connectivity index (χ2v) is 7.00. The highest BCUT2D eigenvalue weighted by molar-refractivity contribution is 7.99. The predicted octanol–water partition coefficient (Wildman–Crippen LogP) is 3.68. The molecule has 27 heavy (non-hydrogen) atoms. The number of hydrogen-bond donors (Lipinski definition) is 0. The van der Waals surface area contributed by atoms with Crippen LogP contribution in [0.25, 0.3) is 11.4 Å². The molecule has 0 radical (unpaired) electrons. The Morgan fingerprint density at radius 2 is 1.93 bits per heavy atom. The van der Waals surface area contributed by atoms with Crippen molar-refractivity contribution in [1.82, 2.24) is 19.7 Å². The quantitative estimate of drug-likeness (QED) is 0.584. The number of rotatable bonds is 7. The number of anilines is 1. The van der Waals surface area contributed by atoms with Gasteiger partial charge in [-0.05, 0) is 43.2 Å². The molecule has 1 aromatic carbocycles. The summed E-state index contributed by atoms with van der Waals surface area (Å²) in [4.78, 5) is 18.4. The number of pyridine rings is 1. The van der Waals surface area contributed by atoms with E-state index in [1.165, 1.54) is 17.3 Å². The summed E-state index contributed by atoms with van der Waals surface area (Å²) in [5.74, 6) is 1.10. The summed E-state index contributed by atoms with van der Waals surface area (Å²) in [6, 6.07) is 11.9. The van der Waals surface area contributed by atoms with Crippen LogP contribution in [0.4, 0.5) is 5.69 Å². The van der Waals surface area contributed by atoms with Crippen LogP contribution in [0.1, 0.15) is 19.4 Å². The second kappa shape index (κ2) is 8.81. The topological polar surface area (TPSA) is 63.9 Å². The number of aryl methyl sites for hydroxylation is 1. The summed E-state index contributed by atoms with van der Waals surface area (Å²) >= 11 is 1.40. The van der Waals surface area contributed by atoms with Crippen molar-refractivity contribution < 1.29 is 4.79 Å². The van der Waals surface area contributed by atoms with Gasteiger partial charge in [0.25, 0.3) is 0 Å². The summed E-state index contributed by atoms with van der Waals surface area (Å²) in [5.41, 5.74) is 3.07. The van der Waals surface area contributed by atoms with Crippen LogP contribution in [0.15, 0.2) is 53.9 Å². The molecule has 0 atom stereocenters. The highest BCUT2D eigenvalue weighted by Gasteiger charge is 2.17. The lowest BCUT2D eigenvalue weighted by atomic mass is 10.1. The van der Waals surface area contributed by atoms with Crippen molar-refractivity contribution in [3.8, 4) is 11.4 Å². The Hall–Kier alpha value is -2.67. The Bertz CT molecular complexity index is 892. The average Bonchev–Trinajstić information content (AvgIpc) is 3.15. The molecule has 7 heteroatoms. The van der Waals surface area contributed by atoms with Crippen LogP contribution in [0.5, 0.6) is 0 Å². The number of thioether (sulfide) groups is 1. The van der Waals surface area contributed by atoms with E-state index in [0.29, 0.717) is 5.75 Å². The SMILES string of the molecule is CCc1ccc(N(C)C(=O)CSc2nnc(-c3cccnc3)n2CC)cc1. The molecule has 0 spiro atoms. The molecule has 3 rings (SSSR count). The first kappa shape index (κ1) is 19.1. The minimum atomic E-state index is 0.0258. The van der Waals surface area contributed by atoms with Crippen molar-refractivity contribution in [1.29, 1.82) is 0 Å². The van der Waals surface area contributed by atoms with Crippen LogP contribution in [0.2, 0.25) is 0 Å². The molecule has 0 saturated carbocycles. The van der Waals surface area contributed by atoms with E-state index in [4.69, 9.17) is 0 Å². The summed E-state index contributed by atoms with van der Waals surface area (Å²) in [7, 11) is 1.80. The van der Waals surface area contributed by atoms with Gasteiger partial charge in [-0.2, -0.15) is 0 Å². The third kappa shape index (κ3) is 4.36. The smallest absolute Gasteiger partial charge is 0.237 e. The zero-order chi connectivity index (χ0) is 19.2. The van der Waals surface area contributed by atoms with E-state index in [2.05, 4.69) is 34.2 Å². The minimum Gasteiger partial charge on any atom is -0.315 e. The molecule has 0 aliphatic carbocycles. The normalized spacial score (nSPS) is 10.8. The Morgan fingerprint density at radius 1 is 1.15 bits per heavy atom. The van der Waals surface area contributed by atoms with Crippen molar-refractivity contribution in [2.24, 2.45) is 0 Å². The number of carbonyl (C=O) groups excluding carboxylic acids is 1. The maximum absolute atomic E-state index is 12.6. The van der Waals surface area contributed by atoms with Gasteiger partial charge >= 0.3 is 0 Å². The van der Waals surface area contributed by atoms with Crippen molar-refractivity contribution in [3.05, 3.63) is 54.4 Å². The first-order valence-electron chi connectivity index (χ1n) is 8.96. The molecule has 0 unspecified atom stereocenters. The van der Waals surface area contributed by atoms with E-state index in [9.17, 15) is 4.79 Å². The number of aromatic nitrogens is 4. The molecule has 0 fully saturated rings. The molecule has 0 aliphatic rings. The second-order valence-electron chi connectivity index (χ2n) is 6.05. The molecule has 2 heterocycles. The molecule has 1 amide bonds. The predicted molar refractivity (Wildman–Crippen MR) is 109 cm³/mol. The zero-order valence-corrected chi connectivity index (χ0v) is 16.6. The molecular weight excluding hydrogens is 358 g/mol. The summed E-state index contributed by atoms with van der Waals surface area (Å²) in [5, 5.41) is 9.29. The van der Waals surface area contributed by atoms with Gasteiger partial charge in [-0.15, -0.1) is 10.2 Å². The van der Waals surface area contributed by atoms with E-state index in [1.807, 2.05) is 35.8 Å². The monoisotopic (exact) mass is 381 g/mol. The maximum atomic E-state index is 12.6. The zero-order valence-electron chi connectivity index (χ0n) is 15.8. The van der Waals surface area contributed by atoms with Gasteiger partial charge in [0, 0.05) is 37.2 Å². The fraction of sp³-hybridized carbons (Fsp3) is 0.300. The lowest BCUT2D eigenvalue weighted by molar-refractivity contribution is -0.115. The average molecular weight is 382 g/mol. The van der Waals surface area contributed by atoms with Crippen LogP contribution >= 0.6 is 11.8 Å². The molecule has 0 saturated heterocycles. The van der Waals surface area contributed by atoms with Crippen LogP contribution in [-0.4, -0.2) is 38.5 Å². The number of carbonyl (C=O) groups is 1. The van der Waals surface area contributed by atoms with Gasteiger partial charge in [-0.3, -0.25) is 9.78 Å². The van der Waals surface area contributed by atoms with Crippen molar-refractivity contribution in [2.45, 2.75) is 32.0 Å². The molecule has 140 valence electrons. The molecule has 2 aromatic heterocycles. The molecule has 0 bridgehead atoms. The first-order valence-corrected chi connectivity index (χ1v) is 9.94. The molecule has 0 aliphatic heterocycles. The largest absolute Gasteiger partial charge is 0.315 e. The minimum absolute atomic E-state index is 0.0258. The van der Waals surface area contributed by atoms with Crippen molar-refractivity contribution in [2.75, 3.05) is 17.7 Å². The fourth-order valence-corrected chi connectivity index (χ4v) is 3.63. The van der Waals surface area contributed by atoms with Gasteiger partial charge in [0.2, 0.25) is 5.91 Å². The fourth-order valence-electron chi connectivity index (χ4n) is 2.71. The van der Waals surface area contributed by atoms with E-state index < -0.39 is 0 Å². The maximum Gasteiger partial charge on any atom is 0.237 e. The highest BCUT2D eigenvalue weighted by atomic mass is 32.2. The van der Waals surface area contributed by atoms with Crippen molar-refractivity contribution in [3.63, 3.8) is 0 Å². The number of nitrogens with zero attached hydrogens (tertiary/aromatic N) is 5. The molecule has 0 N–H and O–H groups in total. The van der Waals surface area contributed by atoms with Gasteiger partial charge in [0.15, 0.2) is 11.0 Å². The van der Waals surface area contributed by atoms with Crippen LogP contribution in [-0.2, 0) is 17.8 Å². The number of benzene rings is 1. The highest BCUT2D eigenvalue weighted by Crippen LogP contribution is 2.24. The summed E-state index contributed by atoms with van der Waals surface area (Å²) < 4.78 is 2.00. The van der Waals surface area contributed by atoms with Gasteiger partial charge in [0.1, 0.15) is 0 Å². The van der Waals surface area contributed by atoms with Gasteiger partial charge in [-0.25, -0.2) is 0 Å². The lowest BCUT2D eigenvalue weighted by Gasteiger charge is -2.17. The summed E-state index contributed by atoms with van der Waals surface area (Å²) in [6.45, 7) is 4.88. The Kier molecular flexibility index (Phi) is 6.24. The third-order valence-corrected chi connectivity index (χ3v) is 5.34. The van der Waals surface area contributed by atoms with Crippen LogP contribution in [0.3, 0.4) is 0 Å². The van der Waals surface area contributed by atoms with E-state index >= 15 is 0 Å². The van der Waals surface area contributed by atoms with Gasteiger partial charge < -0.3 is 9.47 Å². The summed E-state index contributed by atoms with van der Waals surface area (Å²) in [6.07, 6.45) is 4.48. The lowest BCUT2D eigenvalue weighted by Crippen LogP contribution is -2.28. The molecule has 6 nitrogen and oxygen atoms in total. The Balaban J connectivity index is 1.69. The first-order chi connectivity index (χ1) is 13.1. The Morgan fingerprint density at radius 3 is 2.56 bits per heavy atom. The van der Waals surface area contributed by atoms with E-state index in [0.717, 1.165) is 35.2 Å². The number of amides is 1. The van der Waals surface area contributed by atoms with E-state index in [-0.39, 0.29) is 5.91 Å². The molecule has 3 aromatic rings. The Labute approximate surface area is 163 Å². The van der Waals surface area contributed by atoms with Crippen LogP contribution < -0.4 is 4.90 Å². The standard InChI is InChI=1S/C20H23N5OS/c1-4-15-8-10-17(11-9-15)24(3)18(26)14-27-20-23-22-19(25(20)5-2)16-7-6-12-21-13-16/h6-13H,4-5,14H2,1-3H3. The third-order valence-electron chi connectivity index (χ3n) is 4.38. The van der Waals surface area contributed by atoms with E-state index in [1.54, 1.807) is 24.3 Å². The van der Waals surface area contributed by atoms with Gasteiger partial charge in [-0.1, -0.05) is 30.8 Å². The van der Waals surface area contributed by atoms with Crippen LogP contribution in [0, 0.1) is 0 Å². The van der Waals surface area contributed by atoms with Gasteiger partial charge in [0.05, 0.1) is 5.75 Å². The van der Waals surface area contributed by atoms with Crippen molar-refractivity contribution >= 4 is 23.4 Å². The molecular formula is C20H23N5OS.